The van der Waals surface area contributed by atoms with E-state index in [1.54, 1.807) is 20.4 Å². The molecule has 0 amide bonds. The van der Waals surface area contributed by atoms with Gasteiger partial charge < -0.3 is 14.8 Å². The lowest BCUT2D eigenvalue weighted by molar-refractivity contribution is 0.397. The molecule has 1 N–H and O–H groups in total. The molecule has 0 aliphatic rings. The third-order valence-corrected chi connectivity index (χ3v) is 2.74. The minimum atomic E-state index is 0.661. The molecule has 0 fully saturated rings. The van der Waals surface area contributed by atoms with Crippen LogP contribution in [-0.2, 0) is 13.1 Å². The molecule has 100 valence electrons. The van der Waals surface area contributed by atoms with Gasteiger partial charge in [-0.15, -0.1) is 0 Å². The minimum Gasteiger partial charge on any atom is -0.497 e. The predicted molar refractivity (Wildman–Crippen MR) is 72.1 cm³/mol. The highest BCUT2D eigenvalue weighted by molar-refractivity contribution is 5.40. The van der Waals surface area contributed by atoms with Crippen LogP contribution in [0.2, 0.25) is 0 Å². The van der Waals surface area contributed by atoms with Crippen molar-refractivity contribution < 1.29 is 9.47 Å². The number of benzene rings is 1. The molecule has 0 unspecified atom stereocenters. The summed E-state index contributed by atoms with van der Waals surface area (Å²) < 4.78 is 10.5. The Kier molecular flexibility index (Phi) is 4.69. The third kappa shape index (κ3) is 3.66. The first-order chi connectivity index (χ1) is 9.33. The van der Waals surface area contributed by atoms with Crippen LogP contribution in [0.15, 0.2) is 36.5 Å². The number of aromatic nitrogens is 2. The number of ether oxygens (including phenoxy) is 2. The zero-order chi connectivity index (χ0) is 13.5. The Morgan fingerprint density at radius 1 is 1.11 bits per heavy atom. The molecule has 0 saturated heterocycles. The molecule has 0 atom stereocenters. The maximum atomic E-state index is 5.32. The molecule has 0 bridgehead atoms. The van der Waals surface area contributed by atoms with Gasteiger partial charge in [0.05, 0.1) is 19.9 Å². The maximum Gasteiger partial charge on any atom is 0.123 e. The summed E-state index contributed by atoms with van der Waals surface area (Å²) in [4.78, 5) is 0. The third-order valence-electron chi connectivity index (χ3n) is 2.74. The van der Waals surface area contributed by atoms with Crippen molar-refractivity contribution in [3.05, 3.63) is 47.8 Å². The molecule has 0 aliphatic carbocycles. The van der Waals surface area contributed by atoms with Crippen LogP contribution in [0.1, 0.15) is 11.3 Å². The van der Waals surface area contributed by atoms with Crippen LogP contribution in [0.3, 0.4) is 0 Å². The van der Waals surface area contributed by atoms with Crippen molar-refractivity contribution in [1.29, 1.82) is 0 Å². The lowest BCUT2D eigenvalue weighted by Gasteiger charge is -2.11. The zero-order valence-corrected chi connectivity index (χ0v) is 11.1. The summed E-state index contributed by atoms with van der Waals surface area (Å²) in [5, 5.41) is 11.2. The van der Waals surface area contributed by atoms with Crippen LogP contribution >= 0.6 is 0 Å². The Bertz CT molecular complexity index is 517. The Balaban J connectivity index is 1.98. The highest BCUT2D eigenvalue weighted by atomic mass is 16.5. The first-order valence-electron chi connectivity index (χ1n) is 6.01. The van der Waals surface area contributed by atoms with E-state index in [0.717, 1.165) is 22.8 Å². The summed E-state index contributed by atoms with van der Waals surface area (Å²) >= 11 is 0. The van der Waals surface area contributed by atoms with E-state index in [1.807, 2.05) is 30.3 Å². The molecular formula is C14H17N3O2. The van der Waals surface area contributed by atoms with Crippen LogP contribution in [0.5, 0.6) is 11.5 Å². The van der Waals surface area contributed by atoms with Gasteiger partial charge in [-0.2, -0.15) is 10.2 Å². The van der Waals surface area contributed by atoms with Crippen molar-refractivity contribution in [3.8, 4) is 11.5 Å². The smallest absolute Gasteiger partial charge is 0.123 e. The fraction of sp³-hybridized carbons (Fsp3) is 0.286. The molecular weight excluding hydrogens is 242 g/mol. The average molecular weight is 259 g/mol. The summed E-state index contributed by atoms with van der Waals surface area (Å²) in [5.74, 6) is 1.66. The zero-order valence-electron chi connectivity index (χ0n) is 11.1. The van der Waals surface area contributed by atoms with Crippen LogP contribution in [-0.4, -0.2) is 24.4 Å². The molecule has 0 radical (unpaired) electrons. The van der Waals surface area contributed by atoms with Crippen LogP contribution in [0.25, 0.3) is 0 Å². The number of rotatable bonds is 6. The molecule has 1 heterocycles. The van der Waals surface area contributed by atoms with Crippen molar-refractivity contribution in [2.75, 3.05) is 14.2 Å². The number of hydrogen-bond donors (Lipinski definition) is 1. The van der Waals surface area contributed by atoms with E-state index in [9.17, 15) is 0 Å². The molecule has 1 aromatic carbocycles. The highest BCUT2D eigenvalue weighted by Gasteiger charge is 2.04. The van der Waals surface area contributed by atoms with Crippen LogP contribution in [0, 0.1) is 0 Å². The van der Waals surface area contributed by atoms with Gasteiger partial charge in [0, 0.05) is 24.8 Å². The van der Waals surface area contributed by atoms with Crippen molar-refractivity contribution in [1.82, 2.24) is 15.5 Å². The molecule has 0 aliphatic heterocycles. The Morgan fingerprint density at radius 3 is 2.68 bits per heavy atom. The SMILES string of the molecule is COc1ccc(OC)c(CNCc2cccnn2)c1. The number of nitrogens with one attached hydrogen (secondary N) is 1. The average Bonchev–Trinajstić information content (AvgIpc) is 2.48. The molecule has 2 aromatic rings. The monoisotopic (exact) mass is 259 g/mol. The van der Waals surface area contributed by atoms with Crippen molar-refractivity contribution in [2.24, 2.45) is 0 Å². The lowest BCUT2D eigenvalue weighted by atomic mass is 10.2. The van der Waals surface area contributed by atoms with Gasteiger partial charge in [-0.25, -0.2) is 0 Å². The van der Waals surface area contributed by atoms with E-state index in [1.165, 1.54) is 0 Å². The van der Waals surface area contributed by atoms with Gasteiger partial charge in [-0.05, 0) is 30.3 Å². The summed E-state index contributed by atoms with van der Waals surface area (Å²) in [7, 11) is 3.31. The minimum absolute atomic E-state index is 0.661. The summed E-state index contributed by atoms with van der Waals surface area (Å²) in [6.07, 6.45) is 1.66. The molecule has 2 rings (SSSR count). The standard InChI is InChI=1S/C14H17N3O2/c1-18-13-5-6-14(19-2)11(8-13)9-15-10-12-4-3-7-16-17-12/h3-8,15H,9-10H2,1-2H3. The Hall–Kier alpha value is -2.14. The van der Waals surface area contributed by atoms with E-state index < -0.39 is 0 Å². The largest absolute Gasteiger partial charge is 0.497 e. The van der Waals surface area contributed by atoms with Gasteiger partial charge in [0.25, 0.3) is 0 Å². The normalized spacial score (nSPS) is 10.2. The van der Waals surface area contributed by atoms with Crippen molar-refractivity contribution >= 4 is 0 Å². The molecule has 0 saturated carbocycles. The maximum absolute atomic E-state index is 5.32. The van der Waals surface area contributed by atoms with Gasteiger partial charge in [0.15, 0.2) is 0 Å². The fourth-order valence-electron chi connectivity index (χ4n) is 1.77. The van der Waals surface area contributed by atoms with E-state index in [-0.39, 0.29) is 0 Å². The summed E-state index contributed by atoms with van der Waals surface area (Å²) in [6, 6.07) is 9.55. The van der Waals surface area contributed by atoms with E-state index in [2.05, 4.69) is 15.5 Å². The quantitative estimate of drug-likeness (QED) is 0.857. The number of hydrogen-bond acceptors (Lipinski definition) is 5. The van der Waals surface area contributed by atoms with E-state index in [4.69, 9.17) is 9.47 Å². The molecule has 5 nitrogen and oxygen atoms in total. The van der Waals surface area contributed by atoms with Crippen molar-refractivity contribution in [3.63, 3.8) is 0 Å². The molecule has 1 aromatic heterocycles. The summed E-state index contributed by atoms with van der Waals surface area (Å²) in [6.45, 7) is 1.34. The molecule has 0 spiro atoms. The van der Waals surface area contributed by atoms with Crippen LogP contribution in [0.4, 0.5) is 0 Å². The highest BCUT2D eigenvalue weighted by Crippen LogP contribution is 2.23. The first-order valence-corrected chi connectivity index (χ1v) is 6.01. The second-order valence-electron chi connectivity index (χ2n) is 4.00. The predicted octanol–water partition coefficient (Wildman–Crippen LogP) is 1.78. The topological polar surface area (TPSA) is 56.3 Å². The second kappa shape index (κ2) is 6.70. The van der Waals surface area contributed by atoms with Gasteiger partial charge in [0.1, 0.15) is 11.5 Å². The number of nitrogens with zero attached hydrogens (tertiary/aromatic N) is 2. The molecule has 19 heavy (non-hydrogen) atoms. The van der Waals surface area contributed by atoms with Crippen molar-refractivity contribution in [2.45, 2.75) is 13.1 Å². The first kappa shape index (κ1) is 13.3. The molecule has 5 heteroatoms. The van der Waals surface area contributed by atoms with Gasteiger partial charge in [0.2, 0.25) is 0 Å². The lowest BCUT2D eigenvalue weighted by Crippen LogP contribution is -2.14. The van der Waals surface area contributed by atoms with E-state index >= 15 is 0 Å². The van der Waals surface area contributed by atoms with E-state index in [0.29, 0.717) is 13.1 Å². The van der Waals surface area contributed by atoms with Gasteiger partial charge in [-0.3, -0.25) is 0 Å². The Labute approximate surface area is 112 Å². The second-order valence-corrected chi connectivity index (χ2v) is 4.00. The van der Waals surface area contributed by atoms with Crippen LogP contribution < -0.4 is 14.8 Å². The van der Waals surface area contributed by atoms with Gasteiger partial charge >= 0.3 is 0 Å². The number of methoxy groups -OCH3 is 2. The Morgan fingerprint density at radius 2 is 2.00 bits per heavy atom. The summed E-state index contributed by atoms with van der Waals surface area (Å²) in [5.41, 5.74) is 1.95. The fourth-order valence-corrected chi connectivity index (χ4v) is 1.77. The van der Waals surface area contributed by atoms with Gasteiger partial charge in [-0.1, -0.05) is 0 Å².